The zero-order chi connectivity index (χ0) is 13.4. The van der Waals surface area contributed by atoms with Crippen LogP contribution in [0, 0.1) is 22.7 Å². The van der Waals surface area contributed by atoms with Gasteiger partial charge in [0.05, 0.1) is 23.5 Å². The molecule has 0 saturated heterocycles. The molecule has 0 aliphatic rings. The highest BCUT2D eigenvalue weighted by Gasteiger charge is 2.13. The molecule has 0 bridgehead atoms. The summed E-state index contributed by atoms with van der Waals surface area (Å²) in [6.07, 6.45) is 0.799. The van der Waals surface area contributed by atoms with Gasteiger partial charge >= 0.3 is 0 Å². The minimum atomic E-state index is -3.46. The average molecular weight is 263 g/mol. The van der Waals surface area contributed by atoms with Crippen LogP contribution in [-0.4, -0.2) is 15.0 Å². The molecule has 0 unspecified atom stereocenters. The maximum Gasteiger partial charge on any atom is 0.215 e. The van der Waals surface area contributed by atoms with E-state index in [1.165, 1.54) is 0 Å². The number of nitriles is 2. The molecule has 0 aromatic heterocycles. The number of hydrogen-bond donors (Lipinski definition) is 1. The van der Waals surface area contributed by atoms with Gasteiger partial charge in [0.25, 0.3) is 0 Å². The van der Waals surface area contributed by atoms with E-state index in [1.54, 1.807) is 24.3 Å². The third-order valence-corrected chi connectivity index (χ3v) is 3.61. The molecule has 1 aromatic carbocycles. The molecule has 6 heteroatoms. The largest absolute Gasteiger partial charge is 0.215 e. The van der Waals surface area contributed by atoms with E-state index in [0.717, 1.165) is 0 Å². The number of nitrogens with zero attached hydrogens (tertiary/aromatic N) is 2. The molecule has 0 aliphatic carbocycles. The Morgan fingerprint density at radius 3 is 2.61 bits per heavy atom. The summed E-state index contributed by atoms with van der Waals surface area (Å²) in [6, 6.07) is 10.5. The smallest absolute Gasteiger partial charge is 0.215 e. The van der Waals surface area contributed by atoms with Crippen molar-refractivity contribution in [1.82, 2.24) is 4.72 Å². The van der Waals surface area contributed by atoms with Crippen LogP contribution in [0.25, 0.3) is 0 Å². The monoisotopic (exact) mass is 263 g/mol. The third kappa shape index (κ3) is 4.54. The Morgan fingerprint density at radius 1 is 1.22 bits per heavy atom. The second kappa shape index (κ2) is 6.75. The fraction of sp³-hybridized carbons (Fsp3) is 0.333. The first-order chi connectivity index (χ1) is 8.59. The van der Waals surface area contributed by atoms with Gasteiger partial charge in [0.2, 0.25) is 10.0 Å². The molecule has 18 heavy (non-hydrogen) atoms. The lowest BCUT2D eigenvalue weighted by Gasteiger charge is -2.06. The minimum Gasteiger partial charge on any atom is -0.215 e. The van der Waals surface area contributed by atoms with Crippen molar-refractivity contribution in [3.63, 3.8) is 0 Å². The maximum atomic E-state index is 11.7. The minimum absolute atomic E-state index is 0.219. The molecule has 0 heterocycles. The molecule has 0 amide bonds. The molecule has 1 N–H and O–H groups in total. The molecule has 0 spiro atoms. The summed E-state index contributed by atoms with van der Waals surface area (Å²) in [7, 11) is -3.46. The van der Waals surface area contributed by atoms with Crippen LogP contribution in [0.2, 0.25) is 0 Å². The Hall–Kier alpha value is -1.89. The molecule has 94 valence electrons. The Balaban J connectivity index is 2.66. The number of hydrogen-bond acceptors (Lipinski definition) is 4. The van der Waals surface area contributed by atoms with Gasteiger partial charge in [-0.1, -0.05) is 18.2 Å². The van der Waals surface area contributed by atoms with Crippen molar-refractivity contribution >= 4 is 10.0 Å². The first-order valence-corrected chi connectivity index (χ1v) is 7.06. The Labute approximate surface area is 107 Å². The van der Waals surface area contributed by atoms with Crippen LogP contribution in [-0.2, 0) is 15.8 Å². The summed E-state index contributed by atoms with van der Waals surface area (Å²) in [4.78, 5) is 0. The van der Waals surface area contributed by atoms with Crippen LogP contribution in [0.1, 0.15) is 24.0 Å². The molecule has 1 rings (SSSR count). The van der Waals surface area contributed by atoms with Gasteiger partial charge in [0.1, 0.15) is 0 Å². The van der Waals surface area contributed by atoms with Crippen molar-refractivity contribution in [2.75, 3.05) is 6.54 Å². The van der Waals surface area contributed by atoms with Gasteiger partial charge in [0, 0.05) is 13.0 Å². The number of sulfonamides is 1. The van der Waals surface area contributed by atoms with Crippen molar-refractivity contribution < 1.29 is 8.42 Å². The van der Waals surface area contributed by atoms with Crippen LogP contribution < -0.4 is 4.72 Å². The Bertz CT molecular complexity index is 582. The number of rotatable bonds is 6. The molecule has 0 radical (unpaired) electrons. The van der Waals surface area contributed by atoms with E-state index in [1.807, 2.05) is 12.1 Å². The van der Waals surface area contributed by atoms with Crippen LogP contribution in [0.3, 0.4) is 0 Å². The van der Waals surface area contributed by atoms with Crippen LogP contribution >= 0.6 is 0 Å². The lowest BCUT2D eigenvalue weighted by Crippen LogP contribution is -2.26. The predicted molar refractivity (Wildman–Crippen MR) is 66.6 cm³/mol. The van der Waals surface area contributed by atoms with Gasteiger partial charge in [-0.3, -0.25) is 0 Å². The lowest BCUT2D eigenvalue weighted by molar-refractivity contribution is 0.578. The highest BCUT2D eigenvalue weighted by atomic mass is 32.2. The molecule has 5 nitrogen and oxygen atoms in total. The van der Waals surface area contributed by atoms with Crippen LogP contribution in [0.4, 0.5) is 0 Å². The first kappa shape index (κ1) is 14.2. The van der Waals surface area contributed by atoms with Crippen molar-refractivity contribution in [1.29, 1.82) is 10.5 Å². The van der Waals surface area contributed by atoms with Gasteiger partial charge in [-0.05, 0) is 18.1 Å². The van der Waals surface area contributed by atoms with Gasteiger partial charge in [-0.15, -0.1) is 0 Å². The molecule has 0 fully saturated rings. The van der Waals surface area contributed by atoms with Gasteiger partial charge in [0.15, 0.2) is 0 Å². The highest BCUT2D eigenvalue weighted by Crippen LogP contribution is 2.10. The van der Waals surface area contributed by atoms with E-state index in [0.29, 0.717) is 24.0 Å². The normalized spacial score (nSPS) is 10.6. The summed E-state index contributed by atoms with van der Waals surface area (Å²) in [5.41, 5.74) is 0.840. The first-order valence-electron chi connectivity index (χ1n) is 5.41. The molecule has 1 aromatic rings. The van der Waals surface area contributed by atoms with E-state index in [9.17, 15) is 8.42 Å². The van der Waals surface area contributed by atoms with Crippen molar-refractivity contribution in [2.45, 2.75) is 18.6 Å². The van der Waals surface area contributed by atoms with E-state index >= 15 is 0 Å². The van der Waals surface area contributed by atoms with E-state index in [-0.39, 0.29) is 12.3 Å². The van der Waals surface area contributed by atoms with Crippen LogP contribution in [0.5, 0.6) is 0 Å². The molecule has 0 saturated carbocycles. The summed E-state index contributed by atoms with van der Waals surface area (Å²) >= 11 is 0. The highest BCUT2D eigenvalue weighted by molar-refractivity contribution is 7.88. The van der Waals surface area contributed by atoms with Gasteiger partial charge in [-0.2, -0.15) is 10.5 Å². The summed E-state index contributed by atoms with van der Waals surface area (Å²) in [6.45, 7) is 0.241. The third-order valence-electron chi connectivity index (χ3n) is 2.27. The SMILES string of the molecule is N#CCCCNS(=O)(=O)Cc1ccccc1C#N. The second-order valence-corrected chi connectivity index (χ2v) is 5.49. The van der Waals surface area contributed by atoms with E-state index in [2.05, 4.69) is 4.72 Å². The number of unbranched alkanes of at least 4 members (excludes halogenated alkanes) is 1. The topological polar surface area (TPSA) is 93.8 Å². The van der Waals surface area contributed by atoms with Crippen LogP contribution in [0.15, 0.2) is 24.3 Å². The number of benzene rings is 1. The second-order valence-electron chi connectivity index (χ2n) is 3.68. The van der Waals surface area contributed by atoms with Crippen molar-refractivity contribution in [3.8, 4) is 12.1 Å². The lowest BCUT2D eigenvalue weighted by atomic mass is 10.1. The van der Waals surface area contributed by atoms with Crippen molar-refractivity contribution in [2.24, 2.45) is 0 Å². The zero-order valence-corrected chi connectivity index (χ0v) is 10.6. The Kier molecular flexibility index (Phi) is 5.31. The standard InChI is InChI=1S/C12H13N3O2S/c13-7-3-4-8-15-18(16,17)10-12-6-2-1-5-11(12)9-14/h1-2,5-6,15H,3-4,8,10H2. The predicted octanol–water partition coefficient (Wildman–Crippen LogP) is 1.28. The van der Waals surface area contributed by atoms with Gasteiger partial charge in [-0.25, -0.2) is 13.1 Å². The summed E-state index contributed by atoms with van der Waals surface area (Å²) < 4.78 is 25.9. The quantitative estimate of drug-likeness (QED) is 0.782. The van der Waals surface area contributed by atoms with E-state index in [4.69, 9.17) is 10.5 Å². The van der Waals surface area contributed by atoms with Crippen molar-refractivity contribution in [3.05, 3.63) is 35.4 Å². The summed E-state index contributed by atoms with van der Waals surface area (Å²) in [5.74, 6) is -0.219. The fourth-order valence-corrected chi connectivity index (χ4v) is 2.62. The number of nitrogens with one attached hydrogen (secondary N) is 1. The molecule has 0 atom stereocenters. The maximum absolute atomic E-state index is 11.7. The van der Waals surface area contributed by atoms with Gasteiger partial charge < -0.3 is 0 Å². The Morgan fingerprint density at radius 2 is 1.94 bits per heavy atom. The molecular formula is C12H13N3O2S. The zero-order valence-electron chi connectivity index (χ0n) is 9.76. The fourth-order valence-electron chi connectivity index (χ4n) is 1.41. The molecule has 0 aliphatic heterocycles. The summed E-state index contributed by atoms with van der Waals surface area (Å²) in [5, 5.41) is 17.2. The van der Waals surface area contributed by atoms with E-state index < -0.39 is 10.0 Å². The molecular weight excluding hydrogens is 250 g/mol. The average Bonchev–Trinajstić information content (AvgIpc) is 2.35.